The van der Waals surface area contributed by atoms with Crippen LogP contribution < -0.4 is 0 Å². The average Bonchev–Trinajstić information content (AvgIpc) is 3.57. The second kappa shape index (κ2) is 11.9. The molecule has 7 aromatic carbocycles. The topological polar surface area (TPSA) is 64.7 Å². The minimum atomic E-state index is 0.613. The van der Waals surface area contributed by atoms with Gasteiger partial charge in [0, 0.05) is 27.6 Å². The van der Waals surface area contributed by atoms with Crippen molar-refractivity contribution in [3.63, 3.8) is 0 Å². The molecule has 0 aliphatic rings. The molecule has 10 aromatic rings. The van der Waals surface area contributed by atoms with Gasteiger partial charge in [-0.25, -0.2) is 19.9 Å². The largest absolute Gasteiger partial charge is 0.438 e. The van der Waals surface area contributed by atoms with Crippen molar-refractivity contribution in [2.45, 2.75) is 0 Å². The van der Waals surface area contributed by atoms with E-state index in [1.807, 2.05) is 60.7 Å². The van der Waals surface area contributed by atoms with E-state index in [1.165, 1.54) is 10.8 Å². The van der Waals surface area contributed by atoms with E-state index >= 15 is 0 Å². The lowest BCUT2D eigenvalue weighted by molar-refractivity contribution is 0.655. The van der Waals surface area contributed by atoms with Gasteiger partial charge in [0.15, 0.2) is 17.5 Å². The van der Waals surface area contributed by atoms with Gasteiger partial charge in [0.05, 0.1) is 11.1 Å². The Hall–Kier alpha value is -6.98. The third kappa shape index (κ3) is 5.20. The van der Waals surface area contributed by atoms with Crippen molar-refractivity contribution < 1.29 is 4.42 Å². The maximum Gasteiger partial charge on any atom is 0.228 e. The molecule has 0 atom stereocenters. The van der Waals surface area contributed by atoms with Gasteiger partial charge in [-0.3, -0.25) is 0 Å². The summed E-state index contributed by atoms with van der Waals surface area (Å²) >= 11 is 0. The number of hydrogen-bond acceptors (Lipinski definition) is 5. The molecule has 0 N–H and O–H groups in total. The summed E-state index contributed by atoms with van der Waals surface area (Å²) < 4.78 is 6.54. The van der Waals surface area contributed by atoms with E-state index in [1.54, 1.807) is 0 Å². The van der Waals surface area contributed by atoms with Crippen LogP contribution in [0, 0.1) is 0 Å². The molecule has 238 valence electrons. The normalized spacial score (nSPS) is 11.5. The maximum atomic E-state index is 6.54. The quantitative estimate of drug-likeness (QED) is 0.185. The molecule has 0 saturated heterocycles. The molecule has 3 aromatic heterocycles. The Kier molecular flexibility index (Phi) is 6.74. The molecule has 10 rings (SSSR count). The number of nitrogens with zero attached hydrogens (tertiary/aromatic N) is 4. The first-order chi connectivity index (χ1) is 25.2. The van der Waals surface area contributed by atoms with Gasteiger partial charge in [-0.1, -0.05) is 146 Å². The first kappa shape index (κ1) is 29.0. The van der Waals surface area contributed by atoms with Crippen LogP contribution in [0.1, 0.15) is 0 Å². The molecule has 5 nitrogen and oxygen atoms in total. The van der Waals surface area contributed by atoms with Crippen LogP contribution in [0.3, 0.4) is 0 Å². The minimum Gasteiger partial charge on any atom is -0.438 e. The predicted molar refractivity (Wildman–Crippen MR) is 207 cm³/mol. The van der Waals surface area contributed by atoms with E-state index < -0.39 is 0 Å². The molecule has 0 unspecified atom stereocenters. The molecular weight excluding hydrogens is 625 g/mol. The van der Waals surface area contributed by atoms with Crippen molar-refractivity contribution in [2.24, 2.45) is 0 Å². The number of pyridine rings is 1. The zero-order chi connectivity index (χ0) is 33.7. The van der Waals surface area contributed by atoms with Crippen LogP contribution in [-0.4, -0.2) is 19.9 Å². The molecule has 0 aliphatic heterocycles. The zero-order valence-corrected chi connectivity index (χ0v) is 27.4. The lowest BCUT2D eigenvalue weighted by Gasteiger charge is -2.11. The zero-order valence-electron chi connectivity index (χ0n) is 27.4. The molecule has 0 saturated carbocycles. The Balaban J connectivity index is 1.15. The standard InChI is InChI=1S/C46H28N4O/c1-3-12-31(13-4-1)43-48-44(32-14-5-2-6-15-32)50-45(49-43)33-22-20-30(21-23-33)38-28-40(37-24-19-29-11-7-8-16-34(29)25-37)47-46-42(38)39-26-35-17-9-10-18-36(35)27-41(39)51-46/h1-28H. The molecule has 51 heavy (non-hydrogen) atoms. The van der Waals surface area contributed by atoms with Crippen LogP contribution in [0.25, 0.3) is 100 Å². The fraction of sp³-hybridized carbons (Fsp3) is 0. The Morgan fingerprint density at radius 2 is 0.843 bits per heavy atom. The van der Waals surface area contributed by atoms with Crippen LogP contribution in [0.4, 0.5) is 0 Å². The van der Waals surface area contributed by atoms with Crippen molar-refractivity contribution in [3.05, 3.63) is 170 Å². The second-order valence-corrected chi connectivity index (χ2v) is 12.7. The molecule has 5 heteroatoms. The van der Waals surface area contributed by atoms with E-state index in [0.717, 1.165) is 66.2 Å². The second-order valence-electron chi connectivity index (χ2n) is 12.7. The number of aromatic nitrogens is 4. The van der Waals surface area contributed by atoms with Crippen LogP contribution in [0.5, 0.6) is 0 Å². The summed E-state index contributed by atoms with van der Waals surface area (Å²) in [5.41, 5.74) is 8.20. The first-order valence-electron chi connectivity index (χ1n) is 17.0. The highest BCUT2D eigenvalue weighted by molar-refractivity contribution is 6.15. The monoisotopic (exact) mass is 652 g/mol. The Bertz CT molecular complexity index is 2840. The van der Waals surface area contributed by atoms with E-state index in [-0.39, 0.29) is 0 Å². The van der Waals surface area contributed by atoms with Gasteiger partial charge in [0.2, 0.25) is 5.71 Å². The number of furan rings is 1. The fourth-order valence-electron chi connectivity index (χ4n) is 6.92. The van der Waals surface area contributed by atoms with Gasteiger partial charge in [0.25, 0.3) is 0 Å². The highest BCUT2D eigenvalue weighted by Crippen LogP contribution is 2.40. The number of fused-ring (bicyclic) bond motifs is 5. The van der Waals surface area contributed by atoms with Crippen molar-refractivity contribution >= 4 is 43.6 Å². The SMILES string of the molecule is c1ccc(-c2nc(-c3ccccc3)nc(-c3ccc(-c4cc(-c5ccc6ccccc6c5)nc5oc6cc7ccccc7cc6c45)cc3)n2)cc1. The molecule has 0 fully saturated rings. The van der Waals surface area contributed by atoms with Crippen LogP contribution in [0.15, 0.2) is 174 Å². The fourth-order valence-corrected chi connectivity index (χ4v) is 6.92. The van der Waals surface area contributed by atoms with Gasteiger partial charge in [0.1, 0.15) is 5.58 Å². The summed E-state index contributed by atoms with van der Waals surface area (Å²) in [5.74, 6) is 1.89. The van der Waals surface area contributed by atoms with Crippen LogP contribution in [0.2, 0.25) is 0 Å². The van der Waals surface area contributed by atoms with Gasteiger partial charge in [-0.2, -0.15) is 0 Å². The van der Waals surface area contributed by atoms with E-state index in [0.29, 0.717) is 23.2 Å². The molecule has 0 bridgehead atoms. The number of benzene rings is 7. The van der Waals surface area contributed by atoms with Crippen LogP contribution in [-0.2, 0) is 0 Å². The van der Waals surface area contributed by atoms with Gasteiger partial charge in [-0.05, 0) is 56.9 Å². The molecule has 0 spiro atoms. The molecule has 0 radical (unpaired) electrons. The highest BCUT2D eigenvalue weighted by atomic mass is 16.3. The van der Waals surface area contributed by atoms with Crippen molar-refractivity contribution in [1.29, 1.82) is 0 Å². The molecule has 0 amide bonds. The summed E-state index contributed by atoms with van der Waals surface area (Å²) in [6.07, 6.45) is 0. The van der Waals surface area contributed by atoms with E-state index in [2.05, 4.69) is 109 Å². The Morgan fingerprint density at radius 3 is 1.47 bits per heavy atom. The summed E-state index contributed by atoms with van der Waals surface area (Å²) in [7, 11) is 0. The minimum absolute atomic E-state index is 0.613. The summed E-state index contributed by atoms with van der Waals surface area (Å²) in [4.78, 5) is 19.9. The lowest BCUT2D eigenvalue weighted by Crippen LogP contribution is -2.00. The average molecular weight is 653 g/mol. The van der Waals surface area contributed by atoms with Gasteiger partial charge >= 0.3 is 0 Å². The van der Waals surface area contributed by atoms with Gasteiger partial charge < -0.3 is 4.42 Å². The summed E-state index contributed by atoms with van der Waals surface area (Å²) in [6, 6.07) is 58.3. The maximum absolute atomic E-state index is 6.54. The third-order valence-electron chi connectivity index (χ3n) is 9.51. The molecule has 0 aliphatic carbocycles. The van der Waals surface area contributed by atoms with Crippen LogP contribution >= 0.6 is 0 Å². The molecular formula is C46H28N4O. The van der Waals surface area contributed by atoms with Crippen molar-refractivity contribution in [3.8, 4) is 56.5 Å². The Labute approximate surface area is 293 Å². The van der Waals surface area contributed by atoms with Gasteiger partial charge in [-0.15, -0.1) is 0 Å². The number of hydrogen-bond donors (Lipinski definition) is 0. The summed E-state index contributed by atoms with van der Waals surface area (Å²) in [6.45, 7) is 0. The third-order valence-corrected chi connectivity index (χ3v) is 9.51. The van der Waals surface area contributed by atoms with E-state index in [9.17, 15) is 0 Å². The lowest BCUT2D eigenvalue weighted by atomic mass is 9.96. The van der Waals surface area contributed by atoms with Crippen molar-refractivity contribution in [2.75, 3.05) is 0 Å². The molecule has 3 heterocycles. The highest BCUT2D eigenvalue weighted by Gasteiger charge is 2.19. The predicted octanol–water partition coefficient (Wildman–Crippen LogP) is 11.8. The van der Waals surface area contributed by atoms with Crippen molar-refractivity contribution in [1.82, 2.24) is 19.9 Å². The first-order valence-corrected chi connectivity index (χ1v) is 17.0. The Morgan fingerprint density at radius 1 is 0.353 bits per heavy atom. The van der Waals surface area contributed by atoms with E-state index in [4.69, 9.17) is 24.4 Å². The number of rotatable bonds is 5. The smallest absolute Gasteiger partial charge is 0.228 e. The summed E-state index contributed by atoms with van der Waals surface area (Å²) in [5, 5.41) is 6.68.